The molecule has 3 N–H and O–H groups in total. The van der Waals surface area contributed by atoms with Crippen molar-refractivity contribution in [3.05, 3.63) is 35.4 Å². The molecule has 1 atom stereocenters. The van der Waals surface area contributed by atoms with Crippen molar-refractivity contribution in [2.75, 3.05) is 0 Å². The third-order valence-corrected chi connectivity index (χ3v) is 1.64. The maximum atomic E-state index is 9.36. The Bertz CT molecular complexity index is 233. The number of hydrogen-bond donors (Lipinski definition) is 2. The van der Waals surface area contributed by atoms with Crippen molar-refractivity contribution in [3.63, 3.8) is 0 Å². The summed E-state index contributed by atoms with van der Waals surface area (Å²) < 4.78 is 0. The van der Waals surface area contributed by atoms with Crippen molar-refractivity contribution in [1.82, 2.24) is 0 Å². The van der Waals surface area contributed by atoms with Gasteiger partial charge in [0.1, 0.15) is 5.72 Å². The van der Waals surface area contributed by atoms with Crippen molar-refractivity contribution in [2.45, 2.75) is 19.6 Å². The second kappa shape index (κ2) is 2.64. The van der Waals surface area contributed by atoms with Crippen molar-refractivity contribution >= 4 is 0 Å². The normalized spacial score (nSPS) is 16.0. The predicted molar refractivity (Wildman–Crippen MR) is 44.9 cm³/mol. The number of hydrogen-bond acceptors (Lipinski definition) is 2. The molecule has 0 bridgehead atoms. The van der Waals surface area contributed by atoms with Crippen LogP contribution in [0.25, 0.3) is 0 Å². The van der Waals surface area contributed by atoms with Gasteiger partial charge in [0.25, 0.3) is 0 Å². The van der Waals surface area contributed by atoms with E-state index in [0.717, 1.165) is 11.1 Å². The summed E-state index contributed by atoms with van der Waals surface area (Å²) in [6, 6.07) is 7.51. The van der Waals surface area contributed by atoms with Gasteiger partial charge in [0, 0.05) is 0 Å². The van der Waals surface area contributed by atoms with Crippen molar-refractivity contribution in [2.24, 2.45) is 5.73 Å². The molecular formula is C9H13NO. The molecule has 60 valence electrons. The average Bonchev–Trinajstić information content (AvgIpc) is 1.86. The van der Waals surface area contributed by atoms with Crippen molar-refractivity contribution < 1.29 is 5.11 Å². The molecule has 2 nitrogen and oxygen atoms in total. The molecule has 1 rings (SSSR count). The Hall–Kier alpha value is -0.860. The van der Waals surface area contributed by atoms with E-state index in [1.807, 2.05) is 31.2 Å². The van der Waals surface area contributed by atoms with E-state index in [0.29, 0.717) is 0 Å². The Morgan fingerprint density at radius 1 is 1.27 bits per heavy atom. The van der Waals surface area contributed by atoms with Crippen LogP contribution < -0.4 is 5.73 Å². The molecule has 0 radical (unpaired) electrons. The number of nitrogens with two attached hydrogens (primary N) is 1. The molecule has 0 aliphatic heterocycles. The SMILES string of the molecule is Cc1ccc(C(C)(N)O)cc1. The van der Waals surface area contributed by atoms with E-state index in [4.69, 9.17) is 5.73 Å². The topological polar surface area (TPSA) is 46.2 Å². The van der Waals surface area contributed by atoms with Crippen LogP contribution in [0.15, 0.2) is 24.3 Å². The highest BCUT2D eigenvalue weighted by Crippen LogP contribution is 2.13. The molecule has 1 aromatic carbocycles. The number of benzene rings is 1. The van der Waals surface area contributed by atoms with Crippen LogP contribution >= 0.6 is 0 Å². The highest BCUT2D eigenvalue weighted by Gasteiger charge is 2.14. The summed E-state index contributed by atoms with van der Waals surface area (Å²) in [5, 5.41) is 9.36. The van der Waals surface area contributed by atoms with Crippen LogP contribution in [0.4, 0.5) is 0 Å². The van der Waals surface area contributed by atoms with Crippen LogP contribution in [-0.2, 0) is 5.72 Å². The second-order valence-corrected chi connectivity index (χ2v) is 3.01. The second-order valence-electron chi connectivity index (χ2n) is 3.01. The standard InChI is InChI=1S/C9H13NO/c1-7-3-5-8(6-4-7)9(2,10)11/h3-6,11H,10H2,1-2H3. The molecule has 1 aromatic rings. The van der Waals surface area contributed by atoms with Gasteiger partial charge in [-0.3, -0.25) is 0 Å². The van der Waals surface area contributed by atoms with E-state index < -0.39 is 5.72 Å². The fourth-order valence-corrected chi connectivity index (χ4v) is 0.891. The van der Waals surface area contributed by atoms with E-state index in [2.05, 4.69) is 0 Å². The molecule has 0 amide bonds. The summed E-state index contributed by atoms with van der Waals surface area (Å²) >= 11 is 0. The molecule has 0 fully saturated rings. The first kappa shape index (κ1) is 8.24. The molecular weight excluding hydrogens is 138 g/mol. The monoisotopic (exact) mass is 151 g/mol. The van der Waals surface area contributed by atoms with Gasteiger partial charge in [-0.2, -0.15) is 0 Å². The molecule has 1 unspecified atom stereocenters. The predicted octanol–water partition coefficient (Wildman–Crippen LogP) is 1.12. The zero-order valence-corrected chi connectivity index (χ0v) is 6.83. The quantitative estimate of drug-likeness (QED) is 0.591. The Kier molecular flexibility index (Phi) is 1.98. The molecule has 2 heteroatoms. The first-order valence-corrected chi connectivity index (χ1v) is 3.58. The zero-order valence-electron chi connectivity index (χ0n) is 6.83. The van der Waals surface area contributed by atoms with E-state index >= 15 is 0 Å². The summed E-state index contributed by atoms with van der Waals surface area (Å²) in [5.41, 5.74) is 6.15. The van der Waals surface area contributed by atoms with Gasteiger partial charge in [-0.25, -0.2) is 0 Å². The number of aryl methyl sites for hydroxylation is 1. The fourth-order valence-electron chi connectivity index (χ4n) is 0.891. The highest BCUT2D eigenvalue weighted by molar-refractivity contribution is 5.24. The Morgan fingerprint density at radius 2 is 1.73 bits per heavy atom. The van der Waals surface area contributed by atoms with Gasteiger partial charge in [0.15, 0.2) is 0 Å². The van der Waals surface area contributed by atoms with Crippen LogP contribution in [0.1, 0.15) is 18.1 Å². The minimum Gasteiger partial charge on any atom is -0.372 e. The van der Waals surface area contributed by atoms with Gasteiger partial charge in [-0.05, 0) is 19.4 Å². The molecule has 0 spiro atoms. The molecule has 0 aliphatic carbocycles. The van der Waals surface area contributed by atoms with E-state index in [-0.39, 0.29) is 0 Å². The molecule has 0 saturated carbocycles. The van der Waals surface area contributed by atoms with E-state index in [1.54, 1.807) is 6.92 Å². The minimum absolute atomic E-state index is 0.739. The Balaban J connectivity index is 2.99. The Morgan fingerprint density at radius 3 is 2.09 bits per heavy atom. The van der Waals surface area contributed by atoms with Gasteiger partial charge in [0.05, 0.1) is 0 Å². The smallest absolute Gasteiger partial charge is 0.136 e. The van der Waals surface area contributed by atoms with Gasteiger partial charge in [-0.1, -0.05) is 29.8 Å². The fraction of sp³-hybridized carbons (Fsp3) is 0.333. The number of aliphatic hydroxyl groups is 1. The highest BCUT2D eigenvalue weighted by atomic mass is 16.3. The molecule has 0 aliphatic rings. The van der Waals surface area contributed by atoms with Gasteiger partial charge >= 0.3 is 0 Å². The molecule has 0 aromatic heterocycles. The minimum atomic E-state index is -1.21. The lowest BCUT2D eigenvalue weighted by molar-refractivity contribution is 0.0647. The van der Waals surface area contributed by atoms with Crippen LogP contribution in [0.5, 0.6) is 0 Å². The lowest BCUT2D eigenvalue weighted by atomic mass is 10.0. The van der Waals surface area contributed by atoms with Crippen LogP contribution in [-0.4, -0.2) is 5.11 Å². The maximum Gasteiger partial charge on any atom is 0.136 e. The third kappa shape index (κ3) is 2.03. The molecule has 0 saturated heterocycles. The summed E-state index contributed by atoms with van der Waals surface area (Å²) in [4.78, 5) is 0. The van der Waals surface area contributed by atoms with Gasteiger partial charge in [-0.15, -0.1) is 0 Å². The van der Waals surface area contributed by atoms with Crippen LogP contribution in [0.3, 0.4) is 0 Å². The van der Waals surface area contributed by atoms with E-state index in [9.17, 15) is 5.11 Å². The molecule has 11 heavy (non-hydrogen) atoms. The van der Waals surface area contributed by atoms with Crippen LogP contribution in [0, 0.1) is 6.92 Å². The van der Waals surface area contributed by atoms with Crippen molar-refractivity contribution in [1.29, 1.82) is 0 Å². The third-order valence-electron chi connectivity index (χ3n) is 1.64. The lowest BCUT2D eigenvalue weighted by Gasteiger charge is -2.17. The van der Waals surface area contributed by atoms with Crippen LogP contribution in [0.2, 0.25) is 0 Å². The average molecular weight is 151 g/mol. The largest absolute Gasteiger partial charge is 0.372 e. The first-order valence-electron chi connectivity index (χ1n) is 3.58. The maximum absolute atomic E-state index is 9.36. The summed E-state index contributed by atoms with van der Waals surface area (Å²) in [6.07, 6.45) is 0. The zero-order chi connectivity index (χ0) is 8.48. The van der Waals surface area contributed by atoms with Gasteiger partial charge < -0.3 is 10.8 Å². The van der Waals surface area contributed by atoms with Gasteiger partial charge in [0.2, 0.25) is 0 Å². The van der Waals surface area contributed by atoms with Crippen molar-refractivity contribution in [3.8, 4) is 0 Å². The number of rotatable bonds is 1. The first-order chi connectivity index (χ1) is 5.00. The lowest BCUT2D eigenvalue weighted by Crippen LogP contribution is -2.32. The summed E-state index contributed by atoms with van der Waals surface area (Å²) in [7, 11) is 0. The molecule has 0 heterocycles. The summed E-state index contributed by atoms with van der Waals surface area (Å²) in [5.74, 6) is 0. The Labute approximate surface area is 66.7 Å². The summed E-state index contributed by atoms with van der Waals surface area (Å²) in [6.45, 7) is 3.56. The van der Waals surface area contributed by atoms with E-state index in [1.165, 1.54) is 0 Å².